The van der Waals surface area contributed by atoms with Crippen LogP contribution < -0.4 is 15.0 Å². The Balaban J connectivity index is 1.38. The zero-order valence-corrected chi connectivity index (χ0v) is 17.1. The number of anilines is 1. The van der Waals surface area contributed by atoms with E-state index in [1.807, 2.05) is 17.9 Å². The molecular weight excluding hydrogens is 378 g/mol. The number of urea groups is 1. The minimum atomic E-state index is -0.0765. The minimum absolute atomic E-state index is 0.00925. The molecule has 0 radical (unpaired) electrons. The Labute approximate surface area is 171 Å². The summed E-state index contributed by atoms with van der Waals surface area (Å²) in [5, 5.41) is 3.78. The lowest BCUT2D eigenvalue weighted by atomic mass is 9.95. The molecular formula is C21H28ClN3O3. The second-order valence-electron chi connectivity index (χ2n) is 8.18. The Bertz CT molecular complexity index is 742. The van der Waals surface area contributed by atoms with Crippen LogP contribution in [-0.2, 0) is 4.79 Å². The van der Waals surface area contributed by atoms with Gasteiger partial charge in [-0.05, 0) is 50.8 Å². The first-order chi connectivity index (χ1) is 13.5. The highest BCUT2D eigenvalue weighted by molar-refractivity contribution is 6.31. The van der Waals surface area contributed by atoms with E-state index in [-0.39, 0.29) is 24.0 Å². The van der Waals surface area contributed by atoms with Crippen molar-refractivity contribution in [2.45, 2.75) is 57.6 Å². The van der Waals surface area contributed by atoms with Crippen LogP contribution in [0, 0.1) is 5.92 Å². The van der Waals surface area contributed by atoms with Gasteiger partial charge in [0, 0.05) is 30.1 Å². The summed E-state index contributed by atoms with van der Waals surface area (Å²) >= 11 is 6.14. The van der Waals surface area contributed by atoms with Gasteiger partial charge in [-0.1, -0.05) is 24.4 Å². The number of carbonyl (C=O) groups is 2. The first-order valence-electron chi connectivity index (χ1n) is 10.3. The molecule has 1 aromatic carbocycles. The summed E-state index contributed by atoms with van der Waals surface area (Å²) in [5.41, 5.74) is 0.719. The minimum Gasteiger partial charge on any atom is -0.487 e. The molecule has 1 saturated carbocycles. The second-order valence-corrected chi connectivity index (χ2v) is 8.62. The highest BCUT2D eigenvalue weighted by Crippen LogP contribution is 2.36. The van der Waals surface area contributed by atoms with E-state index in [1.54, 1.807) is 17.0 Å². The van der Waals surface area contributed by atoms with Gasteiger partial charge in [-0.15, -0.1) is 0 Å². The van der Waals surface area contributed by atoms with Crippen LogP contribution in [0.5, 0.6) is 5.75 Å². The van der Waals surface area contributed by atoms with Crippen molar-refractivity contribution in [1.29, 1.82) is 0 Å². The van der Waals surface area contributed by atoms with E-state index in [2.05, 4.69) is 5.32 Å². The fraction of sp³-hybridized carbons (Fsp3) is 0.619. The Hall–Kier alpha value is -1.95. The Morgan fingerprint density at radius 2 is 1.86 bits per heavy atom. The van der Waals surface area contributed by atoms with E-state index in [9.17, 15) is 9.59 Å². The van der Waals surface area contributed by atoms with Crippen molar-refractivity contribution in [1.82, 2.24) is 10.2 Å². The summed E-state index contributed by atoms with van der Waals surface area (Å²) in [5.74, 6) is 0.855. The first kappa shape index (κ1) is 19.4. The number of ether oxygens (including phenoxy) is 1. The van der Waals surface area contributed by atoms with Crippen LogP contribution >= 0.6 is 11.6 Å². The van der Waals surface area contributed by atoms with Crippen LogP contribution in [0.15, 0.2) is 18.2 Å². The van der Waals surface area contributed by atoms with Gasteiger partial charge in [0.05, 0.1) is 12.2 Å². The molecule has 6 nitrogen and oxygen atoms in total. The van der Waals surface area contributed by atoms with Crippen molar-refractivity contribution < 1.29 is 14.3 Å². The number of likely N-dealkylation sites (tertiary alicyclic amines) is 1. The highest BCUT2D eigenvalue weighted by atomic mass is 35.5. The first-order valence-corrected chi connectivity index (χ1v) is 10.7. The number of hydrogen-bond donors (Lipinski definition) is 1. The van der Waals surface area contributed by atoms with Crippen molar-refractivity contribution in [3.63, 3.8) is 0 Å². The van der Waals surface area contributed by atoms with Crippen molar-refractivity contribution in [2.24, 2.45) is 5.92 Å². The zero-order valence-electron chi connectivity index (χ0n) is 16.3. The summed E-state index contributed by atoms with van der Waals surface area (Å²) < 4.78 is 5.84. The Morgan fingerprint density at radius 1 is 1.14 bits per heavy atom. The summed E-state index contributed by atoms with van der Waals surface area (Å²) in [4.78, 5) is 29.3. The van der Waals surface area contributed by atoms with Crippen LogP contribution in [0.1, 0.15) is 45.4 Å². The third kappa shape index (κ3) is 4.07. The van der Waals surface area contributed by atoms with Crippen LogP contribution in [0.3, 0.4) is 0 Å². The maximum atomic E-state index is 13.2. The van der Waals surface area contributed by atoms with Crippen molar-refractivity contribution in [3.8, 4) is 5.75 Å². The van der Waals surface area contributed by atoms with Gasteiger partial charge in [0.1, 0.15) is 11.9 Å². The Morgan fingerprint density at radius 3 is 2.57 bits per heavy atom. The van der Waals surface area contributed by atoms with E-state index in [0.29, 0.717) is 49.3 Å². The summed E-state index contributed by atoms with van der Waals surface area (Å²) in [7, 11) is 0. The second kappa shape index (κ2) is 8.19. The van der Waals surface area contributed by atoms with Crippen molar-refractivity contribution in [2.75, 3.05) is 24.5 Å². The van der Waals surface area contributed by atoms with Crippen LogP contribution in [0.25, 0.3) is 0 Å². The third-order valence-electron chi connectivity index (χ3n) is 6.05. The molecule has 3 aliphatic rings. The van der Waals surface area contributed by atoms with Gasteiger partial charge >= 0.3 is 6.03 Å². The van der Waals surface area contributed by atoms with Crippen molar-refractivity contribution >= 4 is 29.2 Å². The fourth-order valence-electron chi connectivity index (χ4n) is 4.48. The highest BCUT2D eigenvalue weighted by Gasteiger charge is 2.34. The molecule has 28 heavy (non-hydrogen) atoms. The van der Waals surface area contributed by atoms with Gasteiger partial charge in [0.2, 0.25) is 5.91 Å². The standard InChI is InChI=1S/C21H28ClN3O3/c1-14-13-25(18-12-16(22)6-7-19(18)28-14)21(27)24-10-8-15(9-11-24)20(26)23-17-4-2-3-5-17/h6-7,12,14-15,17H,2-5,8-11,13H2,1H3,(H,23,26)/t14-/m1/s1. The van der Waals surface area contributed by atoms with Gasteiger partial charge in [0.25, 0.3) is 0 Å². The van der Waals surface area contributed by atoms with Gasteiger partial charge < -0.3 is 15.0 Å². The molecule has 2 heterocycles. The average molecular weight is 406 g/mol. The summed E-state index contributed by atoms with van der Waals surface area (Å²) in [6, 6.07) is 5.68. The van der Waals surface area contributed by atoms with Gasteiger partial charge in [-0.2, -0.15) is 0 Å². The molecule has 1 atom stereocenters. The molecule has 152 valence electrons. The molecule has 1 saturated heterocycles. The number of amides is 3. The molecule has 1 N–H and O–H groups in total. The third-order valence-corrected chi connectivity index (χ3v) is 6.28. The molecule has 4 rings (SSSR count). The molecule has 7 heteroatoms. The smallest absolute Gasteiger partial charge is 0.324 e. The molecule has 0 bridgehead atoms. The number of benzene rings is 1. The molecule has 0 spiro atoms. The largest absolute Gasteiger partial charge is 0.487 e. The number of nitrogens with one attached hydrogen (secondary N) is 1. The molecule has 1 aromatic rings. The monoisotopic (exact) mass is 405 g/mol. The number of hydrogen-bond acceptors (Lipinski definition) is 3. The van der Waals surface area contributed by atoms with Crippen molar-refractivity contribution in [3.05, 3.63) is 23.2 Å². The van der Waals surface area contributed by atoms with Crippen LogP contribution in [0.2, 0.25) is 5.02 Å². The zero-order chi connectivity index (χ0) is 19.7. The summed E-state index contributed by atoms with van der Waals surface area (Å²) in [6.07, 6.45) is 5.97. The fourth-order valence-corrected chi connectivity index (χ4v) is 4.65. The number of carbonyl (C=O) groups excluding carboxylic acids is 2. The predicted molar refractivity (Wildman–Crippen MR) is 109 cm³/mol. The maximum absolute atomic E-state index is 13.2. The number of halogens is 1. The molecule has 0 aromatic heterocycles. The topological polar surface area (TPSA) is 61.9 Å². The number of piperidine rings is 1. The molecule has 2 aliphatic heterocycles. The summed E-state index contributed by atoms with van der Waals surface area (Å²) in [6.45, 7) is 3.65. The lowest BCUT2D eigenvalue weighted by Gasteiger charge is -2.39. The van der Waals surface area contributed by atoms with Gasteiger partial charge in [-0.3, -0.25) is 9.69 Å². The normalized spacial score (nSPS) is 23.3. The van der Waals surface area contributed by atoms with E-state index >= 15 is 0 Å². The maximum Gasteiger partial charge on any atom is 0.324 e. The van der Waals surface area contributed by atoms with E-state index < -0.39 is 0 Å². The quantitative estimate of drug-likeness (QED) is 0.813. The number of rotatable bonds is 2. The number of nitrogens with zero attached hydrogens (tertiary/aromatic N) is 2. The average Bonchev–Trinajstić information content (AvgIpc) is 3.20. The van der Waals surface area contributed by atoms with E-state index in [4.69, 9.17) is 16.3 Å². The van der Waals surface area contributed by atoms with Gasteiger partial charge in [-0.25, -0.2) is 4.79 Å². The lowest BCUT2D eigenvalue weighted by Crippen LogP contribution is -2.52. The lowest BCUT2D eigenvalue weighted by molar-refractivity contribution is -0.126. The molecule has 3 amide bonds. The van der Waals surface area contributed by atoms with Gasteiger partial charge in [0.15, 0.2) is 0 Å². The number of fused-ring (bicyclic) bond motifs is 1. The molecule has 0 unspecified atom stereocenters. The molecule has 2 fully saturated rings. The predicted octanol–water partition coefficient (Wildman–Crippen LogP) is 3.82. The molecule has 1 aliphatic carbocycles. The van der Waals surface area contributed by atoms with Crippen LogP contribution in [0.4, 0.5) is 10.5 Å². The van der Waals surface area contributed by atoms with Crippen LogP contribution in [-0.4, -0.2) is 48.6 Å². The Kier molecular flexibility index (Phi) is 5.67. The SMILES string of the molecule is C[C@@H]1CN(C(=O)N2CCC(C(=O)NC3CCCC3)CC2)c2cc(Cl)ccc2O1. The van der Waals surface area contributed by atoms with E-state index in [0.717, 1.165) is 18.5 Å². The van der Waals surface area contributed by atoms with E-state index in [1.165, 1.54) is 12.8 Å².